The van der Waals surface area contributed by atoms with E-state index in [2.05, 4.69) is 16.9 Å². The molecule has 1 aliphatic rings. The van der Waals surface area contributed by atoms with Crippen LogP contribution in [-0.2, 0) is 17.8 Å². The van der Waals surface area contributed by atoms with Crippen molar-refractivity contribution in [2.24, 2.45) is 5.92 Å². The molecule has 1 unspecified atom stereocenters. The Balaban J connectivity index is 1.61. The first kappa shape index (κ1) is 17.3. The third kappa shape index (κ3) is 4.73. The highest BCUT2D eigenvalue weighted by Crippen LogP contribution is 2.33. The second-order valence-electron chi connectivity index (χ2n) is 6.55. The number of rotatable bonds is 8. The predicted molar refractivity (Wildman–Crippen MR) is 91.7 cm³/mol. The summed E-state index contributed by atoms with van der Waals surface area (Å²) in [5.74, 6) is 1.85. The van der Waals surface area contributed by atoms with Crippen molar-refractivity contribution in [1.29, 1.82) is 0 Å². The summed E-state index contributed by atoms with van der Waals surface area (Å²) in [5, 5.41) is 9.18. The highest BCUT2D eigenvalue weighted by molar-refractivity contribution is 5.69. The zero-order valence-corrected chi connectivity index (χ0v) is 14.5. The Morgan fingerprint density at radius 2 is 2.20 bits per heavy atom. The fourth-order valence-corrected chi connectivity index (χ4v) is 3.14. The van der Waals surface area contributed by atoms with Crippen molar-refractivity contribution in [3.63, 3.8) is 0 Å². The number of ether oxygens (including phenoxy) is 2. The summed E-state index contributed by atoms with van der Waals surface area (Å²) in [6, 6.07) is 5.95. The van der Waals surface area contributed by atoms with Crippen molar-refractivity contribution in [3.05, 3.63) is 41.5 Å². The number of aryl methyl sites for hydroxylation is 1. The summed E-state index contributed by atoms with van der Waals surface area (Å²) in [6.45, 7) is 5.50. The highest BCUT2D eigenvalue weighted by atomic mass is 16.7. The van der Waals surface area contributed by atoms with E-state index in [0.717, 1.165) is 35.0 Å². The molecule has 0 aliphatic carbocycles. The molecule has 25 heavy (non-hydrogen) atoms. The molecule has 2 N–H and O–H groups in total. The van der Waals surface area contributed by atoms with Gasteiger partial charge in [-0.05, 0) is 37.0 Å². The number of nitrogens with one attached hydrogen (secondary N) is 1. The molecule has 0 fully saturated rings. The highest BCUT2D eigenvalue weighted by Gasteiger charge is 2.17. The Morgan fingerprint density at radius 3 is 2.92 bits per heavy atom. The lowest BCUT2D eigenvalue weighted by Gasteiger charge is -2.23. The summed E-state index contributed by atoms with van der Waals surface area (Å²) in [4.78, 5) is 20.4. The van der Waals surface area contributed by atoms with E-state index >= 15 is 0 Å². The molecule has 2 aromatic rings. The van der Waals surface area contributed by atoms with Crippen LogP contribution in [0.3, 0.4) is 0 Å². The van der Waals surface area contributed by atoms with Crippen molar-refractivity contribution >= 4 is 5.97 Å². The van der Waals surface area contributed by atoms with E-state index in [-0.39, 0.29) is 13.3 Å². The molecule has 1 atom stereocenters. The summed E-state index contributed by atoms with van der Waals surface area (Å²) in [6.07, 6.45) is 2.60. The lowest BCUT2D eigenvalue weighted by atomic mass is 10.00. The van der Waals surface area contributed by atoms with Crippen LogP contribution in [0, 0.1) is 12.8 Å². The predicted octanol–water partition coefficient (Wildman–Crippen LogP) is 2.21. The Morgan fingerprint density at radius 1 is 1.40 bits per heavy atom. The number of benzene rings is 1. The van der Waals surface area contributed by atoms with E-state index in [9.17, 15) is 9.90 Å². The van der Waals surface area contributed by atoms with E-state index in [4.69, 9.17) is 9.47 Å². The maximum Gasteiger partial charge on any atom is 0.317 e. The van der Waals surface area contributed by atoms with E-state index in [1.807, 2.05) is 30.0 Å². The van der Waals surface area contributed by atoms with Crippen LogP contribution in [0.5, 0.6) is 11.5 Å². The average Bonchev–Trinajstić information content (AvgIpc) is 3.14. The lowest BCUT2D eigenvalue weighted by Crippen LogP contribution is -2.33. The zero-order chi connectivity index (χ0) is 17.8. The molecule has 0 amide bonds. The number of aliphatic carboxylic acids is 1. The minimum atomic E-state index is -0.827. The monoisotopic (exact) mass is 345 g/mol. The molecular weight excluding hydrogens is 322 g/mol. The molecule has 3 rings (SSSR count). The molecule has 1 aromatic carbocycles. The van der Waals surface area contributed by atoms with Crippen LogP contribution < -0.4 is 9.47 Å². The number of imidazole rings is 1. The van der Waals surface area contributed by atoms with Gasteiger partial charge in [-0.25, -0.2) is 4.98 Å². The molecule has 1 aromatic heterocycles. The normalized spacial score (nSPS) is 14.0. The fourth-order valence-electron chi connectivity index (χ4n) is 3.14. The van der Waals surface area contributed by atoms with Crippen LogP contribution >= 0.6 is 0 Å². The number of aromatic nitrogens is 2. The van der Waals surface area contributed by atoms with Gasteiger partial charge in [0.15, 0.2) is 11.5 Å². The third-order valence-electron chi connectivity index (χ3n) is 4.10. The van der Waals surface area contributed by atoms with Crippen molar-refractivity contribution < 1.29 is 19.4 Å². The topological polar surface area (TPSA) is 87.7 Å². The maximum atomic E-state index is 11.2. The second kappa shape index (κ2) is 7.57. The van der Waals surface area contributed by atoms with Crippen LogP contribution in [0.1, 0.15) is 24.0 Å². The van der Waals surface area contributed by atoms with Gasteiger partial charge in [0, 0.05) is 25.0 Å². The number of hydrogen-bond donors (Lipinski definition) is 2. The van der Waals surface area contributed by atoms with E-state index in [0.29, 0.717) is 19.0 Å². The second-order valence-corrected chi connectivity index (χ2v) is 6.55. The SMILES string of the molecule is Cc1ncc(CN(CC(=O)O)CC(C)Cc2ccc3c(c2)OCO3)[nH]1. The van der Waals surface area contributed by atoms with Crippen LogP contribution in [-0.4, -0.2) is 45.8 Å². The number of carboxylic acids is 1. The fraction of sp³-hybridized carbons (Fsp3) is 0.444. The third-order valence-corrected chi connectivity index (χ3v) is 4.10. The van der Waals surface area contributed by atoms with E-state index in [1.54, 1.807) is 6.20 Å². The van der Waals surface area contributed by atoms with Crippen LogP contribution in [0.2, 0.25) is 0 Å². The number of H-pyrrole nitrogens is 1. The van der Waals surface area contributed by atoms with Gasteiger partial charge in [0.05, 0.1) is 6.54 Å². The standard InChI is InChI=1S/C18H23N3O4/c1-12(5-14-3-4-16-17(6-14)25-11-24-16)8-21(10-18(22)23)9-15-7-19-13(2)20-15/h3-4,6-7,12H,5,8-11H2,1-2H3,(H,19,20)(H,22,23). The number of hydrogen-bond acceptors (Lipinski definition) is 5. The van der Waals surface area contributed by atoms with E-state index in [1.165, 1.54) is 0 Å². The molecule has 0 bridgehead atoms. The Labute approximate surface area is 146 Å². The van der Waals surface area contributed by atoms with Crippen LogP contribution in [0.4, 0.5) is 0 Å². The summed E-state index contributed by atoms with van der Waals surface area (Å²) < 4.78 is 10.7. The minimum Gasteiger partial charge on any atom is -0.480 e. The Kier molecular flexibility index (Phi) is 5.23. The molecule has 2 heterocycles. The number of carboxylic acid groups (broad SMARTS) is 1. The Hall–Kier alpha value is -2.54. The van der Waals surface area contributed by atoms with Gasteiger partial charge in [-0.1, -0.05) is 13.0 Å². The quantitative estimate of drug-likeness (QED) is 0.763. The zero-order valence-electron chi connectivity index (χ0n) is 14.5. The summed E-state index contributed by atoms with van der Waals surface area (Å²) >= 11 is 0. The Bertz CT molecular complexity index is 744. The average molecular weight is 345 g/mol. The van der Waals surface area contributed by atoms with Gasteiger partial charge >= 0.3 is 5.97 Å². The molecule has 0 radical (unpaired) electrons. The number of carbonyl (C=O) groups is 1. The lowest BCUT2D eigenvalue weighted by molar-refractivity contribution is -0.138. The molecule has 0 saturated heterocycles. The van der Waals surface area contributed by atoms with E-state index < -0.39 is 5.97 Å². The van der Waals surface area contributed by atoms with Gasteiger partial charge in [-0.2, -0.15) is 0 Å². The molecule has 0 saturated carbocycles. The maximum absolute atomic E-state index is 11.2. The van der Waals surface area contributed by atoms with Crippen LogP contribution in [0.25, 0.3) is 0 Å². The molecule has 134 valence electrons. The first-order valence-corrected chi connectivity index (χ1v) is 8.33. The van der Waals surface area contributed by atoms with Gasteiger partial charge < -0.3 is 19.6 Å². The number of nitrogens with zero attached hydrogens (tertiary/aromatic N) is 2. The van der Waals surface area contributed by atoms with Crippen molar-refractivity contribution in [2.75, 3.05) is 19.9 Å². The van der Waals surface area contributed by atoms with Gasteiger partial charge in [0.2, 0.25) is 6.79 Å². The first-order valence-electron chi connectivity index (χ1n) is 8.33. The molecule has 0 spiro atoms. The molecule has 1 aliphatic heterocycles. The molecular formula is C18H23N3O4. The van der Waals surface area contributed by atoms with Gasteiger partial charge in [0.1, 0.15) is 5.82 Å². The van der Waals surface area contributed by atoms with Crippen LogP contribution in [0.15, 0.2) is 24.4 Å². The van der Waals surface area contributed by atoms with Crippen molar-refractivity contribution in [1.82, 2.24) is 14.9 Å². The van der Waals surface area contributed by atoms with Gasteiger partial charge in [0.25, 0.3) is 0 Å². The van der Waals surface area contributed by atoms with Gasteiger partial charge in [-0.15, -0.1) is 0 Å². The molecule has 7 nitrogen and oxygen atoms in total. The minimum absolute atomic E-state index is 0.00352. The number of fused-ring (bicyclic) bond motifs is 1. The summed E-state index contributed by atoms with van der Waals surface area (Å²) in [5.41, 5.74) is 2.08. The molecule has 7 heteroatoms. The van der Waals surface area contributed by atoms with Gasteiger partial charge in [-0.3, -0.25) is 9.69 Å². The number of aromatic amines is 1. The van der Waals surface area contributed by atoms with Crippen molar-refractivity contribution in [3.8, 4) is 11.5 Å². The van der Waals surface area contributed by atoms with Crippen molar-refractivity contribution in [2.45, 2.75) is 26.8 Å². The smallest absolute Gasteiger partial charge is 0.317 e. The largest absolute Gasteiger partial charge is 0.480 e. The summed E-state index contributed by atoms with van der Waals surface area (Å²) in [7, 11) is 0. The first-order chi connectivity index (χ1) is 12.0.